The molecule has 1 saturated heterocycles. The van der Waals surface area contributed by atoms with Gasteiger partial charge in [-0.2, -0.15) is 0 Å². The van der Waals surface area contributed by atoms with Crippen LogP contribution < -0.4 is 5.73 Å². The predicted octanol–water partition coefficient (Wildman–Crippen LogP) is 2.17. The Kier molecular flexibility index (Phi) is 2.89. The fraction of sp³-hybridized carbons (Fsp3) is 0.429. The molecule has 1 unspecified atom stereocenters. The number of amides is 1. The van der Waals surface area contributed by atoms with Gasteiger partial charge in [-0.05, 0) is 24.1 Å². The molecule has 1 amide bonds. The first-order chi connectivity index (χ1) is 9.15. The van der Waals surface area contributed by atoms with Crippen molar-refractivity contribution in [1.82, 2.24) is 9.88 Å². The molecule has 0 aliphatic carbocycles. The number of carbonyl (C=O) groups is 1. The molecule has 2 N–H and O–H groups in total. The van der Waals surface area contributed by atoms with Gasteiger partial charge in [-0.1, -0.05) is 13.3 Å². The van der Waals surface area contributed by atoms with E-state index in [2.05, 4.69) is 11.9 Å². The number of benzene rings is 1. The molecule has 2 heterocycles. The summed E-state index contributed by atoms with van der Waals surface area (Å²) < 4.78 is 5.64. The molecular formula is C14H17N3O2. The van der Waals surface area contributed by atoms with E-state index in [0.29, 0.717) is 36.0 Å². The van der Waals surface area contributed by atoms with Gasteiger partial charge < -0.3 is 15.1 Å². The van der Waals surface area contributed by atoms with E-state index in [1.165, 1.54) is 0 Å². The van der Waals surface area contributed by atoms with Crippen molar-refractivity contribution in [2.24, 2.45) is 5.92 Å². The summed E-state index contributed by atoms with van der Waals surface area (Å²) in [5.74, 6) is 1.23. The zero-order valence-electron chi connectivity index (χ0n) is 10.9. The third kappa shape index (κ3) is 2.28. The van der Waals surface area contributed by atoms with E-state index in [1.54, 1.807) is 12.1 Å². The van der Waals surface area contributed by atoms with E-state index in [-0.39, 0.29) is 5.91 Å². The van der Waals surface area contributed by atoms with Crippen molar-refractivity contribution in [2.45, 2.75) is 26.3 Å². The van der Waals surface area contributed by atoms with Crippen molar-refractivity contribution in [3.8, 4) is 0 Å². The summed E-state index contributed by atoms with van der Waals surface area (Å²) in [5, 5.41) is 0. The number of nitrogens with zero attached hydrogens (tertiary/aromatic N) is 2. The number of likely N-dealkylation sites (tertiary alicyclic amines) is 1. The van der Waals surface area contributed by atoms with Crippen molar-refractivity contribution in [3.63, 3.8) is 0 Å². The Morgan fingerprint density at radius 3 is 3.11 bits per heavy atom. The quantitative estimate of drug-likeness (QED) is 0.857. The van der Waals surface area contributed by atoms with Gasteiger partial charge >= 0.3 is 0 Å². The molecule has 1 fully saturated rings. The minimum atomic E-state index is 0.189. The fourth-order valence-electron chi connectivity index (χ4n) is 2.50. The summed E-state index contributed by atoms with van der Waals surface area (Å²) in [4.78, 5) is 18.1. The Morgan fingerprint density at radius 1 is 1.53 bits per heavy atom. The first-order valence-electron chi connectivity index (χ1n) is 6.58. The maximum absolute atomic E-state index is 11.9. The molecular weight excluding hydrogens is 242 g/mol. The summed E-state index contributed by atoms with van der Waals surface area (Å²) in [7, 11) is 0. The predicted molar refractivity (Wildman–Crippen MR) is 72.2 cm³/mol. The lowest BCUT2D eigenvalue weighted by Crippen LogP contribution is -2.24. The standard InChI is InChI=1S/C14H17N3O2/c1-2-9-5-14(18)17(7-9)8-13-16-11-6-10(15)3-4-12(11)19-13/h3-4,6,9H,2,5,7-8,15H2,1H3. The summed E-state index contributed by atoms with van der Waals surface area (Å²) >= 11 is 0. The van der Waals surface area contributed by atoms with Crippen LogP contribution in [0.5, 0.6) is 0 Å². The van der Waals surface area contributed by atoms with Gasteiger partial charge in [0, 0.05) is 18.7 Å². The highest BCUT2D eigenvalue weighted by Crippen LogP contribution is 2.24. The number of rotatable bonds is 3. The molecule has 1 aromatic heterocycles. The number of nitrogens with two attached hydrogens (primary N) is 1. The molecule has 0 saturated carbocycles. The molecule has 5 nitrogen and oxygen atoms in total. The highest BCUT2D eigenvalue weighted by molar-refractivity contribution is 5.79. The van der Waals surface area contributed by atoms with Gasteiger partial charge in [-0.3, -0.25) is 4.79 Å². The fourth-order valence-corrected chi connectivity index (χ4v) is 2.50. The molecule has 0 radical (unpaired) electrons. The van der Waals surface area contributed by atoms with E-state index in [4.69, 9.17) is 10.2 Å². The van der Waals surface area contributed by atoms with Crippen LogP contribution in [-0.4, -0.2) is 22.3 Å². The lowest BCUT2D eigenvalue weighted by atomic mass is 10.1. The molecule has 0 bridgehead atoms. The van der Waals surface area contributed by atoms with E-state index in [9.17, 15) is 4.79 Å². The van der Waals surface area contributed by atoms with Crippen LogP contribution >= 0.6 is 0 Å². The average molecular weight is 259 g/mol. The second kappa shape index (κ2) is 4.57. The number of nitrogen functional groups attached to an aromatic ring is 1. The van der Waals surface area contributed by atoms with Crippen LogP contribution in [0.3, 0.4) is 0 Å². The summed E-state index contributed by atoms with van der Waals surface area (Å²) in [6.07, 6.45) is 1.68. The van der Waals surface area contributed by atoms with Crippen LogP contribution in [0, 0.1) is 5.92 Å². The summed E-state index contributed by atoms with van der Waals surface area (Å²) in [6.45, 7) is 3.36. The Hall–Kier alpha value is -2.04. The minimum absolute atomic E-state index is 0.189. The van der Waals surface area contributed by atoms with Gasteiger partial charge in [0.1, 0.15) is 5.52 Å². The Morgan fingerprint density at radius 2 is 2.37 bits per heavy atom. The maximum atomic E-state index is 11.9. The Balaban J connectivity index is 1.80. The third-order valence-electron chi connectivity index (χ3n) is 3.65. The van der Waals surface area contributed by atoms with E-state index in [1.807, 2.05) is 11.0 Å². The third-order valence-corrected chi connectivity index (χ3v) is 3.65. The number of aromatic nitrogens is 1. The molecule has 1 aromatic carbocycles. The van der Waals surface area contributed by atoms with Crippen LogP contribution in [0.15, 0.2) is 22.6 Å². The maximum Gasteiger partial charge on any atom is 0.223 e. The molecule has 0 spiro atoms. The van der Waals surface area contributed by atoms with Gasteiger partial charge in [0.05, 0.1) is 6.54 Å². The van der Waals surface area contributed by atoms with E-state index in [0.717, 1.165) is 18.5 Å². The van der Waals surface area contributed by atoms with Crippen molar-refractivity contribution < 1.29 is 9.21 Å². The van der Waals surface area contributed by atoms with E-state index >= 15 is 0 Å². The zero-order valence-corrected chi connectivity index (χ0v) is 10.9. The lowest BCUT2D eigenvalue weighted by Gasteiger charge is -2.13. The van der Waals surface area contributed by atoms with Crippen molar-refractivity contribution in [1.29, 1.82) is 0 Å². The minimum Gasteiger partial charge on any atom is -0.439 e. The van der Waals surface area contributed by atoms with E-state index < -0.39 is 0 Å². The van der Waals surface area contributed by atoms with Crippen LogP contribution in [0.4, 0.5) is 5.69 Å². The van der Waals surface area contributed by atoms with Crippen molar-refractivity contribution >= 4 is 22.7 Å². The first kappa shape index (κ1) is 12.0. The zero-order chi connectivity index (χ0) is 13.4. The topological polar surface area (TPSA) is 72.4 Å². The van der Waals surface area contributed by atoms with Gasteiger partial charge in [0.2, 0.25) is 11.8 Å². The monoisotopic (exact) mass is 259 g/mol. The first-order valence-corrected chi connectivity index (χ1v) is 6.58. The summed E-state index contributed by atoms with van der Waals surface area (Å²) in [5.41, 5.74) is 7.83. The number of fused-ring (bicyclic) bond motifs is 1. The number of carbonyl (C=O) groups excluding carboxylic acids is 1. The molecule has 19 heavy (non-hydrogen) atoms. The molecule has 1 atom stereocenters. The van der Waals surface area contributed by atoms with Gasteiger partial charge in [-0.15, -0.1) is 0 Å². The van der Waals surface area contributed by atoms with Crippen molar-refractivity contribution in [2.75, 3.05) is 12.3 Å². The SMILES string of the molecule is CCC1CC(=O)N(Cc2nc3cc(N)ccc3o2)C1. The lowest BCUT2D eigenvalue weighted by molar-refractivity contribution is -0.128. The highest BCUT2D eigenvalue weighted by Gasteiger charge is 2.29. The molecule has 1 aliphatic rings. The Labute approximate surface area is 111 Å². The molecule has 1 aliphatic heterocycles. The smallest absolute Gasteiger partial charge is 0.223 e. The normalized spacial score (nSPS) is 19.5. The highest BCUT2D eigenvalue weighted by atomic mass is 16.3. The molecule has 2 aromatic rings. The Bertz CT molecular complexity index is 620. The number of hydrogen-bond acceptors (Lipinski definition) is 4. The largest absolute Gasteiger partial charge is 0.439 e. The van der Waals surface area contributed by atoms with Crippen LogP contribution in [0.2, 0.25) is 0 Å². The van der Waals surface area contributed by atoms with Crippen LogP contribution in [-0.2, 0) is 11.3 Å². The van der Waals surface area contributed by atoms with Gasteiger partial charge in [0.15, 0.2) is 5.58 Å². The molecule has 3 rings (SSSR count). The molecule has 100 valence electrons. The number of oxazole rings is 1. The van der Waals surface area contributed by atoms with Crippen molar-refractivity contribution in [3.05, 3.63) is 24.1 Å². The van der Waals surface area contributed by atoms with Gasteiger partial charge in [0.25, 0.3) is 0 Å². The van der Waals surface area contributed by atoms with Crippen LogP contribution in [0.25, 0.3) is 11.1 Å². The molecule has 5 heteroatoms. The second-order valence-electron chi connectivity index (χ2n) is 5.09. The number of anilines is 1. The summed E-state index contributed by atoms with van der Waals surface area (Å²) in [6, 6.07) is 5.37. The van der Waals surface area contributed by atoms with Gasteiger partial charge in [-0.25, -0.2) is 4.98 Å². The average Bonchev–Trinajstić information content (AvgIpc) is 2.93. The second-order valence-corrected chi connectivity index (χ2v) is 5.09. The number of hydrogen-bond donors (Lipinski definition) is 1. The van der Waals surface area contributed by atoms with Crippen LogP contribution in [0.1, 0.15) is 25.7 Å².